The number of carbonyl (C=O) groups excluding carboxylic acids is 1. The van der Waals surface area contributed by atoms with Gasteiger partial charge in [-0.2, -0.15) is 0 Å². The van der Waals surface area contributed by atoms with Gasteiger partial charge < -0.3 is 15.0 Å². The van der Waals surface area contributed by atoms with Crippen molar-refractivity contribution in [3.63, 3.8) is 0 Å². The van der Waals surface area contributed by atoms with Crippen LogP contribution in [-0.2, 0) is 16.1 Å². The highest BCUT2D eigenvalue weighted by atomic mass is 16.5. The molecule has 1 aromatic rings. The number of nitrogens with one attached hydrogen (secondary N) is 1. The van der Waals surface area contributed by atoms with Crippen LogP contribution < -0.4 is 5.32 Å². The van der Waals surface area contributed by atoms with Crippen LogP contribution in [0.3, 0.4) is 0 Å². The third-order valence-corrected chi connectivity index (χ3v) is 2.89. The molecule has 0 radical (unpaired) electrons. The van der Waals surface area contributed by atoms with Crippen LogP contribution in [0.1, 0.15) is 12.5 Å². The number of amides is 1. The predicted molar refractivity (Wildman–Crippen MR) is 66.8 cm³/mol. The Morgan fingerprint density at radius 1 is 1.53 bits per heavy atom. The van der Waals surface area contributed by atoms with Gasteiger partial charge in [-0.3, -0.25) is 4.79 Å². The van der Waals surface area contributed by atoms with Crippen LogP contribution in [0.2, 0.25) is 0 Å². The maximum absolute atomic E-state index is 11.2. The van der Waals surface area contributed by atoms with Gasteiger partial charge in [-0.1, -0.05) is 12.1 Å². The summed E-state index contributed by atoms with van der Waals surface area (Å²) < 4.78 is 5.12. The average molecular weight is 234 g/mol. The molecule has 0 atom stereocenters. The van der Waals surface area contributed by atoms with E-state index < -0.39 is 0 Å². The van der Waals surface area contributed by atoms with Crippen LogP contribution in [0.15, 0.2) is 24.3 Å². The van der Waals surface area contributed by atoms with Gasteiger partial charge in [-0.25, -0.2) is 0 Å². The van der Waals surface area contributed by atoms with Crippen LogP contribution >= 0.6 is 0 Å². The second-order valence-corrected chi connectivity index (χ2v) is 4.45. The standard InChI is InChI=1S/C13H18N2O2/c1-10(16)15(2)7-11-4-3-5-12(6-11)14-13-8-17-9-13/h3-6,13-14H,7-9H2,1-2H3. The molecule has 1 saturated heterocycles. The average Bonchev–Trinajstić information content (AvgIpc) is 2.24. The second kappa shape index (κ2) is 5.19. The smallest absolute Gasteiger partial charge is 0.219 e. The topological polar surface area (TPSA) is 41.6 Å². The fourth-order valence-corrected chi connectivity index (χ4v) is 1.70. The Labute approximate surface area is 102 Å². The van der Waals surface area contributed by atoms with Crippen LogP contribution in [0, 0.1) is 0 Å². The molecule has 0 unspecified atom stereocenters. The highest BCUT2D eigenvalue weighted by Gasteiger charge is 2.17. The molecule has 1 aliphatic rings. The number of hydrogen-bond acceptors (Lipinski definition) is 3. The van der Waals surface area contributed by atoms with E-state index >= 15 is 0 Å². The predicted octanol–water partition coefficient (Wildman–Crippen LogP) is 1.48. The quantitative estimate of drug-likeness (QED) is 0.858. The zero-order valence-electron chi connectivity index (χ0n) is 10.3. The Balaban J connectivity index is 1.97. The fraction of sp³-hybridized carbons (Fsp3) is 0.462. The van der Waals surface area contributed by atoms with Crippen molar-refractivity contribution in [2.75, 3.05) is 25.6 Å². The highest BCUT2D eigenvalue weighted by molar-refractivity contribution is 5.72. The SMILES string of the molecule is CC(=O)N(C)Cc1cccc(NC2COC2)c1. The van der Waals surface area contributed by atoms with Crippen molar-refractivity contribution in [3.8, 4) is 0 Å². The minimum Gasteiger partial charge on any atom is -0.378 e. The van der Waals surface area contributed by atoms with Crippen molar-refractivity contribution in [1.29, 1.82) is 0 Å². The zero-order chi connectivity index (χ0) is 12.3. The van der Waals surface area contributed by atoms with E-state index in [9.17, 15) is 4.79 Å². The van der Waals surface area contributed by atoms with E-state index in [1.807, 2.05) is 25.2 Å². The lowest BCUT2D eigenvalue weighted by Gasteiger charge is -2.28. The van der Waals surface area contributed by atoms with Gasteiger partial charge in [0.15, 0.2) is 0 Å². The Morgan fingerprint density at radius 3 is 2.88 bits per heavy atom. The summed E-state index contributed by atoms with van der Waals surface area (Å²) in [4.78, 5) is 12.9. The Kier molecular flexibility index (Phi) is 3.64. The van der Waals surface area contributed by atoms with E-state index in [0.717, 1.165) is 24.5 Å². The lowest BCUT2D eigenvalue weighted by Crippen LogP contribution is -2.40. The Bertz CT molecular complexity index is 402. The van der Waals surface area contributed by atoms with Crippen LogP contribution in [0.5, 0.6) is 0 Å². The van der Waals surface area contributed by atoms with Gasteiger partial charge in [-0.05, 0) is 17.7 Å². The maximum Gasteiger partial charge on any atom is 0.219 e. The van der Waals surface area contributed by atoms with E-state index in [-0.39, 0.29) is 5.91 Å². The Hall–Kier alpha value is -1.55. The van der Waals surface area contributed by atoms with Crippen molar-refractivity contribution in [3.05, 3.63) is 29.8 Å². The molecule has 4 heteroatoms. The molecular weight excluding hydrogens is 216 g/mol. The number of benzene rings is 1. The van der Waals surface area contributed by atoms with Gasteiger partial charge in [0.25, 0.3) is 0 Å². The van der Waals surface area contributed by atoms with E-state index in [1.54, 1.807) is 11.8 Å². The summed E-state index contributed by atoms with van der Waals surface area (Å²) in [6.45, 7) is 3.77. The minimum atomic E-state index is 0.0794. The first kappa shape index (κ1) is 11.9. The maximum atomic E-state index is 11.2. The number of carbonyl (C=O) groups is 1. The molecule has 2 rings (SSSR count). The number of rotatable bonds is 4. The van der Waals surface area contributed by atoms with Crippen molar-refractivity contribution >= 4 is 11.6 Å². The molecule has 1 aliphatic heterocycles. The third kappa shape index (κ3) is 3.20. The fourth-order valence-electron chi connectivity index (χ4n) is 1.70. The summed E-state index contributed by atoms with van der Waals surface area (Å²) in [7, 11) is 1.81. The molecule has 92 valence electrons. The van der Waals surface area contributed by atoms with Crippen molar-refractivity contribution in [1.82, 2.24) is 4.90 Å². The molecule has 0 aliphatic carbocycles. The van der Waals surface area contributed by atoms with Gasteiger partial charge in [0.1, 0.15) is 0 Å². The second-order valence-electron chi connectivity index (χ2n) is 4.45. The van der Waals surface area contributed by atoms with Crippen LogP contribution in [0.25, 0.3) is 0 Å². The van der Waals surface area contributed by atoms with E-state index in [4.69, 9.17) is 4.74 Å². The van der Waals surface area contributed by atoms with Gasteiger partial charge in [0.2, 0.25) is 5.91 Å². The van der Waals surface area contributed by atoms with E-state index in [2.05, 4.69) is 11.4 Å². The minimum absolute atomic E-state index is 0.0794. The Morgan fingerprint density at radius 2 is 2.29 bits per heavy atom. The number of ether oxygens (including phenoxy) is 1. The summed E-state index contributed by atoms with van der Waals surface area (Å²) in [6.07, 6.45) is 0. The molecular formula is C13H18N2O2. The number of hydrogen-bond donors (Lipinski definition) is 1. The molecule has 0 saturated carbocycles. The van der Waals surface area contributed by atoms with Gasteiger partial charge in [0, 0.05) is 26.2 Å². The largest absolute Gasteiger partial charge is 0.378 e. The number of anilines is 1. The van der Waals surface area contributed by atoms with Crippen molar-refractivity contribution in [2.24, 2.45) is 0 Å². The van der Waals surface area contributed by atoms with Gasteiger partial charge >= 0.3 is 0 Å². The molecule has 0 aromatic heterocycles. The summed E-state index contributed by atoms with van der Waals surface area (Å²) >= 11 is 0. The normalized spacial score (nSPS) is 15.2. The first-order chi connectivity index (χ1) is 8.15. The summed E-state index contributed by atoms with van der Waals surface area (Å²) in [5.74, 6) is 0.0794. The molecule has 17 heavy (non-hydrogen) atoms. The molecule has 1 fully saturated rings. The lowest BCUT2D eigenvalue weighted by molar-refractivity contribution is -0.128. The summed E-state index contributed by atoms with van der Waals surface area (Å²) in [5, 5.41) is 3.39. The molecule has 1 heterocycles. The van der Waals surface area contributed by atoms with Crippen molar-refractivity contribution in [2.45, 2.75) is 19.5 Å². The molecule has 0 bridgehead atoms. The number of nitrogens with zero attached hydrogens (tertiary/aromatic N) is 1. The molecule has 4 nitrogen and oxygen atoms in total. The third-order valence-electron chi connectivity index (χ3n) is 2.89. The van der Waals surface area contributed by atoms with Crippen LogP contribution in [0.4, 0.5) is 5.69 Å². The summed E-state index contributed by atoms with van der Waals surface area (Å²) in [5.41, 5.74) is 2.22. The molecule has 1 N–H and O–H groups in total. The molecule has 0 spiro atoms. The lowest BCUT2D eigenvalue weighted by atomic mass is 10.1. The highest BCUT2D eigenvalue weighted by Crippen LogP contribution is 2.15. The van der Waals surface area contributed by atoms with E-state index in [0.29, 0.717) is 12.6 Å². The monoisotopic (exact) mass is 234 g/mol. The van der Waals surface area contributed by atoms with Gasteiger partial charge in [0.05, 0.1) is 19.3 Å². The van der Waals surface area contributed by atoms with Gasteiger partial charge in [-0.15, -0.1) is 0 Å². The van der Waals surface area contributed by atoms with Crippen molar-refractivity contribution < 1.29 is 9.53 Å². The first-order valence-electron chi connectivity index (χ1n) is 5.80. The zero-order valence-corrected chi connectivity index (χ0v) is 10.3. The molecule has 1 aromatic carbocycles. The molecule has 1 amide bonds. The van der Waals surface area contributed by atoms with Crippen LogP contribution in [-0.4, -0.2) is 37.1 Å². The summed E-state index contributed by atoms with van der Waals surface area (Å²) in [6, 6.07) is 8.58. The van der Waals surface area contributed by atoms with E-state index in [1.165, 1.54) is 0 Å². The first-order valence-corrected chi connectivity index (χ1v) is 5.80.